The van der Waals surface area contributed by atoms with Crippen molar-refractivity contribution < 1.29 is 9.13 Å². The molecule has 0 saturated carbocycles. The number of hydrogen-bond donors (Lipinski definition) is 1. The number of nitrogen functional groups attached to an aromatic ring is 1. The number of anilines is 1. The van der Waals surface area contributed by atoms with Gasteiger partial charge >= 0.3 is 0 Å². The highest BCUT2D eigenvalue weighted by atomic mass is 19.1. The van der Waals surface area contributed by atoms with E-state index in [9.17, 15) is 4.39 Å². The summed E-state index contributed by atoms with van der Waals surface area (Å²) in [5.41, 5.74) is 8.03. The lowest BCUT2D eigenvalue weighted by Crippen LogP contribution is -2.42. The second-order valence-electron chi connectivity index (χ2n) is 5.98. The van der Waals surface area contributed by atoms with Crippen molar-refractivity contribution >= 4 is 5.82 Å². The maximum Gasteiger partial charge on any atom is 0.123 e. The van der Waals surface area contributed by atoms with Crippen LogP contribution in [0.1, 0.15) is 17.5 Å². The Morgan fingerprint density at radius 2 is 2.04 bits per heavy atom. The van der Waals surface area contributed by atoms with E-state index < -0.39 is 0 Å². The standard InChI is InChI=1S/C18H22FN3O/c19-16-4-1-15(2-5-16)12-22-9-10-23-17(13-22)6-3-14-7-8-21-18(20)11-14/h1-2,4-5,7-8,11,17H,3,6,9-10,12-13H2,(H2,20,21). The smallest absolute Gasteiger partial charge is 0.123 e. The summed E-state index contributed by atoms with van der Waals surface area (Å²) in [4.78, 5) is 6.37. The number of aromatic nitrogens is 1. The third kappa shape index (κ3) is 4.74. The summed E-state index contributed by atoms with van der Waals surface area (Å²) < 4.78 is 18.8. The van der Waals surface area contributed by atoms with Crippen molar-refractivity contribution in [3.05, 3.63) is 59.5 Å². The Labute approximate surface area is 136 Å². The molecule has 2 aromatic rings. The van der Waals surface area contributed by atoms with Gasteiger partial charge in [-0.05, 0) is 48.2 Å². The van der Waals surface area contributed by atoms with Crippen LogP contribution in [-0.2, 0) is 17.7 Å². The minimum atomic E-state index is -0.190. The third-order valence-corrected chi connectivity index (χ3v) is 4.14. The lowest BCUT2D eigenvalue weighted by molar-refractivity contribution is -0.0345. The number of rotatable bonds is 5. The number of benzene rings is 1. The summed E-state index contributed by atoms with van der Waals surface area (Å²) in [5.74, 6) is 0.371. The van der Waals surface area contributed by atoms with Gasteiger partial charge in [-0.15, -0.1) is 0 Å². The molecule has 1 fully saturated rings. The molecule has 23 heavy (non-hydrogen) atoms. The number of nitrogens with zero attached hydrogens (tertiary/aromatic N) is 2. The Balaban J connectivity index is 1.50. The third-order valence-electron chi connectivity index (χ3n) is 4.14. The second kappa shape index (κ2) is 7.53. The van der Waals surface area contributed by atoms with Gasteiger partial charge in [0.05, 0.1) is 12.7 Å². The van der Waals surface area contributed by atoms with Crippen molar-refractivity contribution in [2.45, 2.75) is 25.5 Å². The van der Waals surface area contributed by atoms with Gasteiger partial charge in [0.1, 0.15) is 11.6 Å². The van der Waals surface area contributed by atoms with Crippen LogP contribution in [0.3, 0.4) is 0 Å². The van der Waals surface area contributed by atoms with Gasteiger partial charge in [-0.3, -0.25) is 4.90 Å². The van der Waals surface area contributed by atoms with E-state index >= 15 is 0 Å². The number of pyridine rings is 1. The van der Waals surface area contributed by atoms with Crippen LogP contribution in [0.25, 0.3) is 0 Å². The molecule has 1 aliphatic heterocycles. The number of hydrogen-bond acceptors (Lipinski definition) is 4. The van der Waals surface area contributed by atoms with Crippen LogP contribution in [0, 0.1) is 5.82 Å². The highest BCUT2D eigenvalue weighted by Crippen LogP contribution is 2.16. The van der Waals surface area contributed by atoms with Gasteiger partial charge in [0.25, 0.3) is 0 Å². The van der Waals surface area contributed by atoms with Crippen LogP contribution in [0.4, 0.5) is 10.2 Å². The Kier molecular flexibility index (Phi) is 5.20. The molecule has 1 atom stereocenters. The van der Waals surface area contributed by atoms with Crippen molar-refractivity contribution in [3.8, 4) is 0 Å². The first-order valence-electron chi connectivity index (χ1n) is 7.98. The molecule has 2 heterocycles. The minimum absolute atomic E-state index is 0.190. The highest BCUT2D eigenvalue weighted by Gasteiger charge is 2.20. The average Bonchev–Trinajstić information content (AvgIpc) is 2.56. The lowest BCUT2D eigenvalue weighted by Gasteiger charge is -2.33. The first-order chi connectivity index (χ1) is 11.2. The molecule has 5 heteroatoms. The van der Waals surface area contributed by atoms with Crippen molar-refractivity contribution in [1.29, 1.82) is 0 Å². The van der Waals surface area contributed by atoms with Crippen molar-refractivity contribution in [2.75, 3.05) is 25.4 Å². The van der Waals surface area contributed by atoms with E-state index in [2.05, 4.69) is 9.88 Å². The molecule has 0 radical (unpaired) electrons. The molecule has 0 aliphatic carbocycles. The Morgan fingerprint density at radius 1 is 1.22 bits per heavy atom. The maximum absolute atomic E-state index is 13.0. The van der Waals surface area contributed by atoms with Gasteiger partial charge in [-0.25, -0.2) is 9.37 Å². The Hall–Kier alpha value is -1.98. The highest BCUT2D eigenvalue weighted by molar-refractivity contribution is 5.31. The summed E-state index contributed by atoms with van der Waals surface area (Å²) in [5, 5.41) is 0. The molecule has 1 unspecified atom stereocenters. The van der Waals surface area contributed by atoms with Gasteiger partial charge in [0.2, 0.25) is 0 Å². The molecule has 0 bridgehead atoms. The molecule has 2 N–H and O–H groups in total. The zero-order chi connectivity index (χ0) is 16.1. The van der Waals surface area contributed by atoms with Crippen LogP contribution in [-0.4, -0.2) is 35.7 Å². The van der Waals surface area contributed by atoms with Gasteiger partial charge in [0, 0.05) is 25.8 Å². The summed E-state index contributed by atoms with van der Waals surface area (Å²) >= 11 is 0. The van der Waals surface area contributed by atoms with E-state index in [0.717, 1.165) is 44.6 Å². The predicted molar refractivity (Wildman–Crippen MR) is 88.4 cm³/mol. The SMILES string of the molecule is Nc1cc(CCC2CN(Cc3ccc(F)cc3)CCO2)ccn1. The molecule has 0 amide bonds. The van der Waals surface area contributed by atoms with Crippen LogP contribution in [0.5, 0.6) is 0 Å². The molecular weight excluding hydrogens is 293 g/mol. The van der Waals surface area contributed by atoms with E-state index in [0.29, 0.717) is 5.82 Å². The number of ether oxygens (including phenoxy) is 1. The van der Waals surface area contributed by atoms with Crippen LogP contribution in [0.2, 0.25) is 0 Å². The molecule has 4 nitrogen and oxygen atoms in total. The second-order valence-corrected chi connectivity index (χ2v) is 5.98. The number of halogens is 1. The summed E-state index contributed by atoms with van der Waals surface area (Å²) in [6.07, 6.45) is 3.86. The number of aryl methyl sites for hydroxylation is 1. The quantitative estimate of drug-likeness (QED) is 0.921. The topological polar surface area (TPSA) is 51.4 Å². The molecule has 0 spiro atoms. The monoisotopic (exact) mass is 315 g/mol. The Morgan fingerprint density at radius 3 is 2.83 bits per heavy atom. The number of nitrogens with two attached hydrogens (primary N) is 1. The molecule has 1 aliphatic rings. The van der Waals surface area contributed by atoms with E-state index in [-0.39, 0.29) is 11.9 Å². The van der Waals surface area contributed by atoms with E-state index in [1.54, 1.807) is 6.20 Å². The van der Waals surface area contributed by atoms with Crippen molar-refractivity contribution in [1.82, 2.24) is 9.88 Å². The van der Waals surface area contributed by atoms with Crippen LogP contribution >= 0.6 is 0 Å². The maximum atomic E-state index is 13.0. The first kappa shape index (κ1) is 15.9. The average molecular weight is 315 g/mol. The van der Waals surface area contributed by atoms with Crippen molar-refractivity contribution in [2.24, 2.45) is 0 Å². The number of morpholine rings is 1. The summed E-state index contributed by atoms with van der Waals surface area (Å²) in [6.45, 7) is 3.39. The fraction of sp³-hybridized carbons (Fsp3) is 0.389. The van der Waals surface area contributed by atoms with E-state index in [1.165, 1.54) is 17.7 Å². The zero-order valence-corrected chi connectivity index (χ0v) is 13.1. The molecular formula is C18H22FN3O. The predicted octanol–water partition coefficient (Wildman–Crippen LogP) is 2.64. The minimum Gasteiger partial charge on any atom is -0.384 e. The molecule has 1 saturated heterocycles. The van der Waals surface area contributed by atoms with Crippen LogP contribution < -0.4 is 5.73 Å². The zero-order valence-electron chi connectivity index (χ0n) is 13.1. The molecule has 1 aromatic heterocycles. The van der Waals surface area contributed by atoms with Gasteiger partial charge in [-0.2, -0.15) is 0 Å². The van der Waals surface area contributed by atoms with Gasteiger partial charge in [-0.1, -0.05) is 12.1 Å². The summed E-state index contributed by atoms with van der Waals surface area (Å²) in [7, 11) is 0. The van der Waals surface area contributed by atoms with Crippen LogP contribution in [0.15, 0.2) is 42.6 Å². The fourth-order valence-corrected chi connectivity index (χ4v) is 2.92. The Bertz CT molecular complexity index is 632. The molecule has 122 valence electrons. The van der Waals surface area contributed by atoms with Crippen molar-refractivity contribution in [3.63, 3.8) is 0 Å². The fourth-order valence-electron chi connectivity index (χ4n) is 2.92. The van der Waals surface area contributed by atoms with Gasteiger partial charge < -0.3 is 10.5 Å². The van der Waals surface area contributed by atoms with E-state index in [1.807, 2.05) is 24.3 Å². The molecule has 1 aromatic carbocycles. The lowest BCUT2D eigenvalue weighted by atomic mass is 10.1. The first-order valence-corrected chi connectivity index (χ1v) is 7.98. The normalized spacial score (nSPS) is 18.9. The summed E-state index contributed by atoms with van der Waals surface area (Å²) in [6, 6.07) is 10.6. The largest absolute Gasteiger partial charge is 0.384 e. The molecule has 3 rings (SSSR count). The van der Waals surface area contributed by atoms with Gasteiger partial charge in [0.15, 0.2) is 0 Å². The van der Waals surface area contributed by atoms with E-state index in [4.69, 9.17) is 10.5 Å².